The molecule has 1 amide bonds. The summed E-state index contributed by atoms with van der Waals surface area (Å²) in [5.74, 6) is -0.0494. The van der Waals surface area contributed by atoms with Crippen LogP contribution < -0.4 is 20.7 Å². The molecule has 1 fully saturated rings. The highest BCUT2D eigenvalue weighted by molar-refractivity contribution is 7.99. The molecule has 0 saturated carbocycles. The van der Waals surface area contributed by atoms with E-state index >= 15 is 0 Å². The van der Waals surface area contributed by atoms with Crippen LogP contribution in [-0.2, 0) is 14.3 Å². The molecule has 29 heavy (non-hydrogen) atoms. The van der Waals surface area contributed by atoms with Crippen LogP contribution in [0.1, 0.15) is 25.3 Å². The first-order valence-corrected chi connectivity index (χ1v) is 10.6. The molecule has 0 aromatic heterocycles. The average molecular weight is 418 g/mol. The maximum atomic E-state index is 13.1. The molecule has 7 nitrogen and oxygen atoms in total. The van der Waals surface area contributed by atoms with Crippen LogP contribution in [0.15, 0.2) is 48.2 Å². The molecule has 1 saturated heterocycles. The summed E-state index contributed by atoms with van der Waals surface area (Å²) in [5, 5.41) is 9.74. The van der Waals surface area contributed by atoms with E-state index in [4.69, 9.17) is 9.47 Å². The van der Waals surface area contributed by atoms with Gasteiger partial charge in [0, 0.05) is 17.4 Å². The molecule has 3 N–H and O–H groups in total. The van der Waals surface area contributed by atoms with Crippen molar-refractivity contribution in [1.29, 1.82) is 0 Å². The number of fused-ring (bicyclic) bond motifs is 1. The first-order valence-electron chi connectivity index (χ1n) is 9.57. The molecule has 0 spiro atoms. The van der Waals surface area contributed by atoms with Crippen LogP contribution in [0.3, 0.4) is 0 Å². The van der Waals surface area contributed by atoms with E-state index < -0.39 is 17.8 Å². The Bertz CT molecular complexity index is 809. The van der Waals surface area contributed by atoms with Crippen LogP contribution in [0, 0.1) is 5.92 Å². The number of nitrogens with one attached hydrogen (secondary N) is 3. The summed E-state index contributed by atoms with van der Waals surface area (Å²) in [4.78, 5) is 25.9. The highest BCUT2D eigenvalue weighted by Crippen LogP contribution is 2.41. The molecule has 156 valence electrons. The largest absolute Gasteiger partial charge is 0.497 e. The number of carbonyl (C=O) groups is 2. The fourth-order valence-electron chi connectivity index (χ4n) is 3.81. The molecule has 8 heteroatoms. The van der Waals surface area contributed by atoms with E-state index in [-0.39, 0.29) is 24.2 Å². The molecule has 4 unspecified atom stereocenters. The number of allylic oxidation sites excluding steroid dienone is 1. The zero-order chi connectivity index (χ0) is 21.0. The molecular formula is C21H27N3O4S. The molecular weight excluding hydrogens is 390 g/mol. The van der Waals surface area contributed by atoms with Gasteiger partial charge in [-0.15, -0.1) is 18.3 Å². The van der Waals surface area contributed by atoms with Gasteiger partial charge in [-0.05, 0) is 31.5 Å². The van der Waals surface area contributed by atoms with Gasteiger partial charge in [0.25, 0.3) is 0 Å². The van der Waals surface area contributed by atoms with Crippen LogP contribution in [0.5, 0.6) is 5.75 Å². The van der Waals surface area contributed by atoms with E-state index in [1.807, 2.05) is 31.2 Å². The van der Waals surface area contributed by atoms with E-state index in [2.05, 4.69) is 22.5 Å². The Morgan fingerprint density at radius 1 is 1.28 bits per heavy atom. The van der Waals surface area contributed by atoms with Gasteiger partial charge in [-0.2, -0.15) is 0 Å². The Kier molecular flexibility index (Phi) is 6.87. The van der Waals surface area contributed by atoms with E-state index in [0.29, 0.717) is 22.8 Å². The monoisotopic (exact) mass is 417 g/mol. The van der Waals surface area contributed by atoms with Gasteiger partial charge in [0.05, 0.1) is 31.4 Å². The van der Waals surface area contributed by atoms with Gasteiger partial charge in [0.1, 0.15) is 11.2 Å². The Labute approximate surface area is 175 Å². The quantitative estimate of drug-likeness (QED) is 0.462. The molecule has 0 radical (unpaired) electrons. The van der Waals surface area contributed by atoms with Crippen molar-refractivity contribution in [2.75, 3.05) is 19.5 Å². The zero-order valence-corrected chi connectivity index (χ0v) is 17.7. The average Bonchev–Trinajstić information content (AvgIpc) is 2.71. The molecule has 2 aliphatic rings. The summed E-state index contributed by atoms with van der Waals surface area (Å²) < 4.78 is 10.6. The summed E-state index contributed by atoms with van der Waals surface area (Å²) in [6.07, 6.45) is 1.49. The van der Waals surface area contributed by atoms with Crippen molar-refractivity contribution in [1.82, 2.24) is 16.0 Å². The summed E-state index contributed by atoms with van der Waals surface area (Å²) in [6, 6.07) is 7.46. The highest BCUT2D eigenvalue weighted by Gasteiger charge is 2.48. The van der Waals surface area contributed by atoms with Crippen LogP contribution in [0.25, 0.3) is 0 Å². The number of ether oxygens (including phenoxy) is 2. The molecule has 4 atom stereocenters. The minimum Gasteiger partial charge on any atom is -0.497 e. The fraction of sp³-hybridized carbons (Fsp3) is 0.429. The third-order valence-corrected chi connectivity index (χ3v) is 6.08. The molecule has 3 rings (SSSR count). The van der Waals surface area contributed by atoms with Crippen LogP contribution in [0.2, 0.25) is 0 Å². The van der Waals surface area contributed by atoms with Gasteiger partial charge in [0.2, 0.25) is 5.91 Å². The maximum Gasteiger partial charge on any atom is 0.336 e. The van der Waals surface area contributed by atoms with E-state index in [9.17, 15) is 9.59 Å². The van der Waals surface area contributed by atoms with Gasteiger partial charge in [-0.3, -0.25) is 10.1 Å². The number of methoxy groups -OCH3 is 1. The van der Waals surface area contributed by atoms with Crippen molar-refractivity contribution in [2.45, 2.75) is 31.4 Å². The third kappa shape index (κ3) is 4.43. The maximum absolute atomic E-state index is 13.1. The lowest BCUT2D eigenvalue weighted by Gasteiger charge is -2.45. The van der Waals surface area contributed by atoms with Gasteiger partial charge < -0.3 is 20.1 Å². The number of amides is 1. The van der Waals surface area contributed by atoms with E-state index in [0.717, 1.165) is 5.56 Å². The predicted molar refractivity (Wildman–Crippen MR) is 113 cm³/mol. The number of hydrogen-bond donors (Lipinski definition) is 3. The SMILES string of the molecule is C=CCSC1NC(=O)C2C(NC(C)=C(C(=O)OCC)C2c2ccc(OC)cc2)N1. The summed E-state index contributed by atoms with van der Waals surface area (Å²) >= 11 is 1.55. The van der Waals surface area contributed by atoms with E-state index in [1.165, 1.54) is 0 Å². The van der Waals surface area contributed by atoms with Crippen LogP contribution in [-0.4, -0.2) is 43.0 Å². The van der Waals surface area contributed by atoms with Crippen molar-refractivity contribution in [2.24, 2.45) is 5.92 Å². The first-order chi connectivity index (χ1) is 14.0. The Balaban J connectivity index is 2.01. The molecule has 0 aliphatic carbocycles. The summed E-state index contributed by atoms with van der Waals surface area (Å²) in [6.45, 7) is 7.61. The lowest BCUT2D eigenvalue weighted by Crippen LogP contribution is -2.67. The second-order valence-corrected chi connectivity index (χ2v) is 7.97. The second kappa shape index (κ2) is 9.37. The Morgan fingerprint density at radius 2 is 2.00 bits per heavy atom. The molecule has 2 aliphatic heterocycles. The number of esters is 1. The second-order valence-electron chi connectivity index (χ2n) is 6.84. The molecule has 2 heterocycles. The zero-order valence-electron chi connectivity index (χ0n) is 16.9. The van der Waals surface area contributed by atoms with Gasteiger partial charge >= 0.3 is 5.97 Å². The molecule has 1 aromatic carbocycles. The Hall–Kier alpha value is -2.45. The topological polar surface area (TPSA) is 88.7 Å². The third-order valence-electron chi connectivity index (χ3n) is 5.06. The van der Waals surface area contributed by atoms with Gasteiger partial charge in [0.15, 0.2) is 0 Å². The summed E-state index contributed by atoms with van der Waals surface area (Å²) in [5.41, 5.74) is 1.81. The van der Waals surface area contributed by atoms with E-state index in [1.54, 1.807) is 31.9 Å². The number of benzene rings is 1. The van der Waals surface area contributed by atoms with Crippen molar-refractivity contribution >= 4 is 23.6 Å². The minimum absolute atomic E-state index is 0.113. The predicted octanol–water partition coefficient (Wildman–Crippen LogP) is 2.08. The van der Waals surface area contributed by atoms with Gasteiger partial charge in [-0.1, -0.05) is 18.2 Å². The van der Waals surface area contributed by atoms with Crippen LogP contribution in [0.4, 0.5) is 0 Å². The number of rotatable bonds is 7. The van der Waals surface area contributed by atoms with Crippen molar-refractivity contribution in [3.63, 3.8) is 0 Å². The molecule has 0 bridgehead atoms. The highest BCUT2D eigenvalue weighted by atomic mass is 32.2. The first kappa shape index (κ1) is 21.3. The molecule has 1 aromatic rings. The Morgan fingerprint density at radius 3 is 2.62 bits per heavy atom. The normalized spacial score (nSPS) is 26.1. The van der Waals surface area contributed by atoms with Crippen LogP contribution >= 0.6 is 11.8 Å². The minimum atomic E-state index is -0.507. The smallest absolute Gasteiger partial charge is 0.336 e. The van der Waals surface area contributed by atoms with Gasteiger partial charge in [-0.25, -0.2) is 4.79 Å². The van der Waals surface area contributed by atoms with Crippen molar-refractivity contribution in [3.8, 4) is 5.75 Å². The lowest BCUT2D eigenvalue weighted by atomic mass is 9.74. The van der Waals surface area contributed by atoms with Crippen molar-refractivity contribution < 1.29 is 19.1 Å². The fourth-order valence-corrected chi connectivity index (χ4v) is 4.58. The number of hydrogen-bond acceptors (Lipinski definition) is 7. The van der Waals surface area contributed by atoms with Crippen molar-refractivity contribution in [3.05, 3.63) is 53.8 Å². The lowest BCUT2D eigenvalue weighted by molar-refractivity contribution is -0.139. The summed E-state index contributed by atoms with van der Waals surface area (Å²) in [7, 11) is 1.60. The standard InChI is InChI=1S/C21H27N3O4S/c1-5-11-29-21-23-18-17(19(25)24-21)16(13-7-9-14(27-4)10-8-13)15(12(3)22-18)20(26)28-6-2/h5,7-10,16-18,21-23H,1,6,11H2,2-4H3,(H,24,25). The number of thioether (sulfide) groups is 1. The number of carbonyl (C=O) groups excluding carboxylic acids is 2.